The smallest absolute Gasteiger partial charge is 0.304 e. The largest absolute Gasteiger partial charge is 0.481 e. The highest BCUT2D eigenvalue weighted by atomic mass is 16.4. The lowest BCUT2D eigenvalue weighted by Gasteiger charge is -2.33. The van der Waals surface area contributed by atoms with Gasteiger partial charge in [-0.05, 0) is 12.1 Å². The number of carboxylic acid groups (broad SMARTS) is 1. The van der Waals surface area contributed by atoms with Crippen LogP contribution in [0.25, 0.3) is 11.1 Å². The van der Waals surface area contributed by atoms with E-state index in [4.69, 9.17) is 9.52 Å². The van der Waals surface area contributed by atoms with Gasteiger partial charge in [0.2, 0.25) is 0 Å². The van der Waals surface area contributed by atoms with Gasteiger partial charge in [0.25, 0.3) is 6.01 Å². The molecule has 1 aromatic carbocycles. The molecular formula is C14H17N3O3. The van der Waals surface area contributed by atoms with Gasteiger partial charge in [0.15, 0.2) is 5.58 Å². The summed E-state index contributed by atoms with van der Waals surface area (Å²) in [5, 5.41) is 8.69. The number of fused-ring (bicyclic) bond motifs is 1. The third-order valence-electron chi connectivity index (χ3n) is 3.57. The SMILES string of the molecule is O=C(O)CCN1CCN(c2nc3ccccc3o2)CC1. The van der Waals surface area contributed by atoms with Crippen LogP contribution in [0.3, 0.4) is 0 Å². The molecular weight excluding hydrogens is 258 g/mol. The Labute approximate surface area is 116 Å². The summed E-state index contributed by atoms with van der Waals surface area (Å²) in [7, 11) is 0. The van der Waals surface area contributed by atoms with Crippen LogP contribution < -0.4 is 4.90 Å². The second-order valence-corrected chi connectivity index (χ2v) is 4.94. The maximum Gasteiger partial charge on any atom is 0.304 e. The van der Waals surface area contributed by atoms with Crippen molar-refractivity contribution in [1.82, 2.24) is 9.88 Å². The third-order valence-corrected chi connectivity index (χ3v) is 3.57. The summed E-state index contributed by atoms with van der Waals surface area (Å²) in [4.78, 5) is 19.3. The molecule has 0 atom stereocenters. The minimum Gasteiger partial charge on any atom is -0.481 e. The summed E-state index contributed by atoms with van der Waals surface area (Å²) < 4.78 is 5.74. The number of para-hydroxylation sites is 2. The van der Waals surface area contributed by atoms with Crippen molar-refractivity contribution in [1.29, 1.82) is 0 Å². The van der Waals surface area contributed by atoms with Gasteiger partial charge in [-0.3, -0.25) is 9.69 Å². The quantitative estimate of drug-likeness (QED) is 0.910. The van der Waals surface area contributed by atoms with Gasteiger partial charge in [-0.25, -0.2) is 0 Å². The number of benzene rings is 1. The van der Waals surface area contributed by atoms with Gasteiger partial charge in [0.1, 0.15) is 5.52 Å². The number of anilines is 1. The van der Waals surface area contributed by atoms with Gasteiger partial charge in [-0.2, -0.15) is 4.98 Å². The Morgan fingerprint density at radius 3 is 2.70 bits per heavy atom. The first-order chi connectivity index (χ1) is 9.72. The number of oxazole rings is 1. The van der Waals surface area contributed by atoms with Crippen molar-refractivity contribution in [3.8, 4) is 0 Å². The van der Waals surface area contributed by atoms with E-state index < -0.39 is 5.97 Å². The van der Waals surface area contributed by atoms with Crippen molar-refractivity contribution in [2.45, 2.75) is 6.42 Å². The normalized spacial score (nSPS) is 16.7. The summed E-state index contributed by atoms with van der Waals surface area (Å²) in [5.41, 5.74) is 1.67. The second-order valence-electron chi connectivity index (χ2n) is 4.94. The van der Waals surface area contributed by atoms with Gasteiger partial charge in [0, 0.05) is 32.7 Å². The highest BCUT2D eigenvalue weighted by Gasteiger charge is 2.21. The summed E-state index contributed by atoms with van der Waals surface area (Å²) in [6.45, 7) is 3.91. The fourth-order valence-corrected chi connectivity index (χ4v) is 2.41. The molecule has 0 amide bonds. The lowest BCUT2D eigenvalue weighted by Crippen LogP contribution is -2.47. The van der Waals surface area contributed by atoms with E-state index in [9.17, 15) is 4.79 Å². The number of piperazine rings is 1. The van der Waals surface area contributed by atoms with E-state index >= 15 is 0 Å². The van der Waals surface area contributed by atoms with Crippen LogP contribution in [0.1, 0.15) is 6.42 Å². The number of aromatic nitrogens is 1. The molecule has 1 aliphatic rings. The Bertz CT molecular complexity index is 569. The molecule has 0 saturated carbocycles. The van der Waals surface area contributed by atoms with Gasteiger partial charge in [-0.15, -0.1) is 0 Å². The minimum absolute atomic E-state index is 0.197. The van der Waals surface area contributed by atoms with E-state index in [1.54, 1.807) is 0 Å². The Kier molecular flexibility index (Phi) is 3.56. The average molecular weight is 275 g/mol. The molecule has 1 aliphatic heterocycles. The number of carboxylic acids is 1. The van der Waals surface area contributed by atoms with Crippen molar-refractivity contribution < 1.29 is 14.3 Å². The van der Waals surface area contributed by atoms with Crippen molar-refractivity contribution in [3.63, 3.8) is 0 Å². The first-order valence-electron chi connectivity index (χ1n) is 6.77. The van der Waals surface area contributed by atoms with E-state index in [-0.39, 0.29) is 6.42 Å². The maximum atomic E-state index is 10.6. The molecule has 1 aromatic heterocycles. The number of hydrogen-bond acceptors (Lipinski definition) is 5. The van der Waals surface area contributed by atoms with Crippen molar-refractivity contribution in [3.05, 3.63) is 24.3 Å². The summed E-state index contributed by atoms with van der Waals surface area (Å²) >= 11 is 0. The molecule has 0 aliphatic carbocycles. The van der Waals surface area contributed by atoms with Crippen LogP contribution in [0, 0.1) is 0 Å². The predicted molar refractivity (Wildman–Crippen MR) is 74.9 cm³/mol. The molecule has 0 bridgehead atoms. The van der Waals surface area contributed by atoms with E-state index in [1.165, 1.54) is 0 Å². The average Bonchev–Trinajstić information content (AvgIpc) is 2.89. The monoisotopic (exact) mass is 275 g/mol. The topological polar surface area (TPSA) is 69.8 Å². The molecule has 0 unspecified atom stereocenters. The molecule has 1 saturated heterocycles. The lowest BCUT2D eigenvalue weighted by molar-refractivity contribution is -0.137. The lowest BCUT2D eigenvalue weighted by atomic mass is 10.3. The Balaban J connectivity index is 1.61. The zero-order valence-electron chi connectivity index (χ0n) is 11.2. The van der Waals surface area contributed by atoms with Crippen LogP contribution >= 0.6 is 0 Å². The maximum absolute atomic E-state index is 10.6. The minimum atomic E-state index is -0.744. The summed E-state index contributed by atoms with van der Waals surface area (Å²) in [5.74, 6) is -0.744. The molecule has 6 nitrogen and oxygen atoms in total. The molecule has 1 N–H and O–H groups in total. The van der Waals surface area contributed by atoms with E-state index in [0.29, 0.717) is 12.6 Å². The van der Waals surface area contributed by atoms with E-state index in [1.807, 2.05) is 24.3 Å². The summed E-state index contributed by atoms with van der Waals surface area (Å²) in [6.07, 6.45) is 0.197. The molecule has 2 aromatic rings. The third kappa shape index (κ3) is 2.75. The molecule has 106 valence electrons. The second kappa shape index (κ2) is 5.50. The molecule has 6 heteroatoms. The van der Waals surface area contributed by atoms with Crippen LogP contribution in [0.15, 0.2) is 28.7 Å². The van der Waals surface area contributed by atoms with Crippen molar-refractivity contribution >= 4 is 23.1 Å². The first kappa shape index (κ1) is 12.9. The van der Waals surface area contributed by atoms with Crippen LogP contribution in [0.4, 0.5) is 6.01 Å². The number of nitrogens with zero attached hydrogens (tertiary/aromatic N) is 3. The van der Waals surface area contributed by atoms with Crippen LogP contribution in [0.5, 0.6) is 0 Å². The first-order valence-corrected chi connectivity index (χ1v) is 6.77. The number of hydrogen-bond donors (Lipinski definition) is 1. The highest BCUT2D eigenvalue weighted by molar-refractivity contribution is 5.74. The zero-order chi connectivity index (χ0) is 13.9. The molecule has 2 heterocycles. The molecule has 20 heavy (non-hydrogen) atoms. The van der Waals surface area contributed by atoms with Gasteiger partial charge >= 0.3 is 5.97 Å². The standard InChI is InChI=1S/C14H17N3O3/c18-13(19)5-6-16-7-9-17(10-8-16)14-15-11-3-1-2-4-12(11)20-14/h1-4H,5-10H2,(H,18,19). The highest BCUT2D eigenvalue weighted by Crippen LogP contribution is 2.22. The van der Waals surface area contributed by atoms with E-state index in [0.717, 1.165) is 37.3 Å². The molecule has 0 radical (unpaired) electrons. The van der Waals surface area contributed by atoms with Crippen molar-refractivity contribution in [2.75, 3.05) is 37.6 Å². The van der Waals surface area contributed by atoms with Crippen molar-refractivity contribution in [2.24, 2.45) is 0 Å². The Morgan fingerprint density at radius 1 is 1.25 bits per heavy atom. The van der Waals surface area contributed by atoms with Gasteiger partial charge in [0.05, 0.1) is 6.42 Å². The van der Waals surface area contributed by atoms with Crippen LogP contribution in [0.2, 0.25) is 0 Å². The van der Waals surface area contributed by atoms with Crippen LogP contribution in [-0.4, -0.2) is 53.7 Å². The predicted octanol–water partition coefficient (Wildman–Crippen LogP) is 1.42. The van der Waals surface area contributed by atoms with Crippen LogP contribution in [-0.2, 0) is 4.79 Å². The zero-order valence-corrected chi connectivity index (χ0v) is 11.2. The van der Waals surface area contributed by atoms with E-state index in [2.05, 4.69) is 14.8 Å². The van der Waals surface area contributed by atoms with Gasteiger partial charge < -0.3 is 14.4 Å². The Morgan fingerprint density at radius 2 is 2.00 bits per heavy atom. The fraction of sp³-hybridized carbons (Fsp3) is 0.429. The number of rotatable bonds is 4. The Hall–Kier alpha value is -2.08. The number of carbonyl (C=O) groups is 1. The number of aliphatic carboxylic acids is 1. The molecule has 1 fully saturated rings. The fourth-order valence-electron chi connectivity index (χ4n) is 2.41. The molecule has 3 rings (SSSR count). The summed E-state index contributed by atoms with van der Waals surface area (Å²) in [6, 6.07) is 8.38. The molecule has 0 spiro atoms. The van der Waals surface area contributed by atoms with Gasteiger partial charge in [-0.1, -0.05) is 12.1 Å².